The van der Waals surface area contributed by atoms with Crippen LogP contribution in [-0.4, -0.2) is 12.5 Å². The molecule has 0 saturated heterocycles. The van der Waals surface area contributed by atoms with Crippen molar-refractivity contribution in [1.29, 1.82) is 0 Å². The molecular weight excluding hydrogens is 183 g/mol. The summed E-state index contributed by atoms with van der Waals surface area (Å²) in [5.74, 6) is -0.703. The number of hydrogen-bond acceptors (Lipinski definition) is 2. The number of rotatable bonds is 1. The molecule has 1 amide bonds. The molecule has 0 fully saturated rings. The number of fused-ring (bicyclic) bond motifs is 1. The predicted octanol–water partition coefficient (Wildman–Crippen LogP) is 0.895. The maximum atomic E-state index is 13.3. The Bertz CT molecular complexity index is 378. The van der Waals surface area contributed by atoms with E-state index in [1.807, 2.05) is 0 Å². The standard InChI is InChI=1S/C10H11FN2O/c11-8-2-1-3-9-7(8)4-6(5-12)10(14)13-9/h1-3,6H,4-5,12H2,(H,13,14). The average molecular weight is 194 g/mol. The zero-order valence-electron chi connectivity index (χ0n) is 7.59. The number of carbonyl (C=O) groups is 1. The number of halogens is 1. The van der Waals surface area contributed by atoms with Crippen LogP contribution < -0.4 is 11.1 Å². The van der Waals surface area contributed by atoms with Gasteiger partial charge in [-0.3, -0.25) is 4.79 Å². The molecule has 0 radical (unpaired) electrons. The molecule has 1 atom stereocenters. The Morgan fingerprint density at radius 3 is 3.07 bits per heavy atom. The van der Waals surface area contributed by atoms with Crippen molar-refractivity contribution >= 4 is 11.6 Å². The number of carbonyl (C=O) groups excluding carboxylic acids is 1. The number of amides is 1. The van der Waals surface area contributed by atoms with Crippen LogP contribution in [-0.2, 0) is 11.2 Å². The first kappa shape index (κ1) is 9.15. The van der Waals surface area contributed by atoms with Crippen LogP contribution >= 0.6 is 0 Å². The van der Waals surface area contributed by atoms with Crippen LogP contribution in [0.15, 0.2) is 18.2 Å². The lowest BCUT2D eigenvalue weighted by molar-refractivity contribution is -0.119. The summed E-state index contributed by atoms with van der Waals surface area (Å²) in [6.07, 6.45) is 0.393. The van der Waals surface area contributed by atoms with E-state index < -0.39 is 0 Å². The van der Waals surface area contributed by atoms with Crippen molar-refractivity contribution in [3.05, 3.63) is 29.6 Å². The summed E-state index contributed by atoms with van der Waals surface area (Å²) in [4.78, 5) is 11.4. The second-order valence-corrected chi connectivity index (χ2v) is 3.39. The van der Waals surface area contributed by atoms with Gasteiger partial charge in [-0.25, -0.2) is 4.39 Å². The lowest BCUT2D eigenvalue weighted by atomic mass is 9.93. The molecule has 0 saturated carbocycles. The first-order chi connectivity index (χ1) is 6.72. The van der Waals surface area contributed by atoms with Gasteiger partial charge in [-0.1, -0.05) is 6.07 Å². The Labute approximate surface area is 81.1 Å². The van der Waals surface area contributed by atoms with E-state index in [1.54, 1.807) is 12.1 Å². The van der Waals surface area contributed by atoms with Gasteiger partial charge in [-0.05, 0) is 18.6 Å². The third-order valence-corrected chi connectivity index (χ3v) is 2.48. The second-order valence-electron chi connectivity index (χ2n) is 3.39. The predicted molar refractivity (Wildman–Crippen MR) is 51.3 cm³/mol. The average Bonchev–Trinajstić information content (AvgIpc) is 2.17. The Morgan fingerprint density at radius 1 is 1.57 bits per heavy atom. The fourth-order valence-electron chi connectivity index (χ4n) is 1.65. The summed E-state index contributed by atoms with van der Waals surface area (Å²) in [6.45, 7) is 0.250. The summed E-state index contributed by atoms with van der Waals surface area (Å²) in [5.41, 5.74) is 6.54. The molecule has 0 aliphatic carbocycles. The Hall–Kier alpha value is -1.42. The van der Waals surface area contributed by atoms with Crippen molar-refractivity contribution in [2.24, 2.45) is 11.7 Å². The topological polar surface area (TPSA) is 55.1 Å². The molecule has 3 N–H and O–H groups in total. The molecule has 1 heterocycles. The SMILES string of the molecule is NCC1Cc2c(F)cccc2NC1=O. The van der Waals surface area contributed by atoms with Crippen molar-refractivity contribution < 1.29 is 9.18 Å². The normalized spacial score (nSPS) is 20.1. The van der Waals surface area contributed by atoms with Gasteiger partial charge in [0.2, 0.25) is 5.91 Å². The van der Waals surface area contributed by atoms with Crippen molar-refractivity contribution in [3.8, 4) is 0 Å². The molecule has 0 aromatic heterocycles. The quantitative estimate of drug-likeness (QED) is 0.697. The molecule has 74 valence electrons. The van der Waals surface area contributed by atoms with E-state index in [4.69, 9.17) is 5.73 Å². The second kappa shape index (κ2) is 3.38. The number of hydrogen-bond donors (Lipinski definition) is 2. The maximum absolute atomic E-state index is 13.3. The van der Waals surface area contributed by atoms with Crippen LogP contribution in [0.1, 0.15) is 5.56 Å². The molecule has 1 aliphatic rings. The number of benzene rings is 1. The van der Waals surface area contributed by atoms with E-state index in [0.717, 1.165) is 0 Å². The van der Waals surface area contributed by atoms with Gasteiger partial charge >= 0.3 is 0 Å². The van der Waals surface area contributed by atoms with Gasteiger partial charge < -0.3 is 11.1 Å². The zero-order valence-corrected chi connectivity index (χ0v) is 7.59. The molecule has 14 heavy (non-hydrogen) atoms. The minimum atomic E-state index is -0.306. The van der Waals surface area contributed by atoms with Crippen molar-refractivity contribution in [1.82, 2.24) is 0 Å². The summed E-state index contributed by atoms with van der Waals surface area (Å²) in [6, 6.07) is 4.67. The summed E-state index contributed by atoms with van der Waals surface area (Å²) in [7, 11) is 0. The van der Waals surface area contributed by atoms with Crippen molar-refractivity contribution in [3.63, 3.8) is 0 Å². The van der Waals surface area contributed by atoms with Gasteiger partial charge in [0, 0.05) is 17.8 Å². The highest BCUT2D eigenvalue weighted by molar-refractivity contribution is 5.95. The maximum Gasteiger partial charge on any atom is 0.229 e. The molecule has 1 unspecified atom stereocenters. The van der Waals surface area contributed by atoms with Crippen LogP contribution in [0, 0.1) is 11.7 Å². The smallest absolute Gasteiger partial charge is 0.229 e. The van der Waals surface area contributed by atoms with E-state index in [2.05, 4.69) is 5.32 Å². The summed E-state index contributed by atoms with van der Waals surface area (Å²) >= 11 is 0. The molecule has 2 rings (SSSR count). The Morgan fingerprint density at radius 2 is 2.36 bits per heavy atom. The molecule has 4 heteroatoms. The highest BCUT2D eigenvalue weighted by Gasteiger charge is 2.26. The number of nitrogens with two attached hydrogens (primary N) is 1. The van der Waals surface area contributed by atoms with Crippen LogP contribution in [0.3, 0.4) is 0 Å². The van der Waals surface area contributed by atoms with Crippen LogP contribution in [0.25, 0.3) is 0 Å². The minimum Gasteiger partial charge on any atom is -0.330 e. The van der Waals surface area contributed by atoms with E-state index >= 15 is 0 Å². The van der Waals surface area contributed by atoms with Gasteiger partial charge in [-0.2, -0.15) is 0 Å². The third kappa shape index (κ3) is 1.37. The highest BCUT2D eigenvalue weighted by Crippen LogP contribution is 2.26. The highest BCUT2D eigenvalue weighted by atomic mass is 19.1. The number of nitrogens with one attached hydrogen (secondary N) is 1. The zero-order chi connectivity index (χ0) is 10.1. The molecule has 3 nitrogen and oxygen atoms in total. The van der Waals surface area contributed by atoms with E-state index in [-0.39, 0.29) is 24.2 Å². The van der Waals surface area contributed by atoms with Crippen LogP contribution in [0.2, 0.25) is 0 Å². The first-order valence-electron chi connectivity index (χ1n) is 4.50. The van der Waals surface area contributed by atoms with E-state index in [9.17, 15) is 9.18 Å². The van der Waals surface area contributed by atoms with Crippen molar-refractivity contribution in [2.45, 2.75) is 6.42 Å². The van der Waals surface area contributed by atoms with Crippen LogP contribution in [0.5, 0.6) is 0 Å². The van der Waals surface area contributed by atoms with Gasteiger partial charge in [0.05, 0.1) is 5.92 Å². The molecule has 0 bridgehead atoms. The van der Waals surface area contributed by atoms with Gasteiger partial charge in [0.1, 0.15) is 5.82 Å². The monoisotopic (exact) mass is 194 g/mol. The molecule has 1 aromatic carbocycles. The minimum absolute atomic E-state index is 0.120. The lowest BCUT2D eigenvalue weighted by Gasteiger charge is -2.23. The van der Waals surface area contributed by atoms with E-state index in [0.29, 0.717) is 17.7 Å². The Kier molecular flexibility index (Phi) is 2.21. The van der Waals surface area contributed by atoms with Crippen LogP contribution in [0.4, 0.5) is 10.1 Å². The number of anilines is 1. The molecule has 0 spiro atoms. The summed E-state index contributed by atoms with van der Waals surface area (Å²) in [5, 5.41) is 2.64. The molecule has 1 aliphatic heterocycles. The third-order valence-electron chi connectivity index (χ3n) is 2.48. The lowest BCUT2D eigenvalue weighted by Crippen LogP contribution is -2.35. The Balaban J connectivity index is 2.40. The largest absolute Gasteiger partial charge is 0.330 e. The van der Waals surface area contributed by atoms with E-state index in [1.165, 1.54) is 6.07 Å². The van der Waals surface area contributed by atoms with Gasteiger partial charge in [-0.15, -0.1) is 0 Å². The van der Waals surface area contributed by atoms with Gasteiger partial charge in [0.25, 0.3) is 0 Å². The van der Waals surface area contributed by atoms with Crippen molar-refractivity contribution in [2.75, 3.05) is 11.9 Å². The fourth-order valence-corrected chi connectivity index (χ4v) is 1.65. The molecular formula is C10H11FN2O. The first-order valence-corrected chi connectivity index (χ1v) is 4.50. The van der Waals surface area contributed by atoms with Gasteiger partial charge in [0.15, 0.2) is 0 Å². The molecule has 1 aromatic rings. The summed E-state index contributed by atoms with van der Waals surface area (Å²) < 4.78 is 13.3. The fraction of sp³-hybridized carbons (Fsp3) is 0.300.